The quantitative estimate of drug-likeness (QED) is 0.920. The van der Waals surface area contributed by atoms with Crippen LogP contribution in [0.1, 0.15) is 9.67 Å². The van der Waals surface area contributed by atoms with E-state index in [2.05, 4.69) is 0 Å². The first-order valence-electron chi connectivity index (χ1n) is 5.33. The van der Waals surface area contributed by atoms with E-state index in [0.717, 1.165) is 16.4 Å². The highest BCUT2D eigenvalue weighted by Gasteiger charge is 2.13. The summed E-state index contributed by atoms with van der Waals surface area (Å²) in [5.74, 6) is -0.148. The van der Waals surface area contributed by atoms with E-state index >= 15 is 0 Å². The van der Waals surface area contributed by atoms with Gasteiger partial charge in [-0.2, -0.15) is 0 Å². The van der Waals surface area contributed by atoms with Gasteiger partial charge in [-0.25, -0.2) is 4.79 Å². The van der Waals surface area contributed by atoms with Crippen LogP contribution in [-0.2, 0) is 0 Å². The van der Waals surface area contributed by atoms with Gasteiger partial charge in [-0.15, -0.1) is 11.3 Å². The van der Waals surface area contributed by atoms with Gasteiger partial charge in [-0.1, -0.05) is 12.1 Å². The highest BCUT2D eigenvalue weighted by molar-refractivity contribution is 7.17. The number of methoxy groups -OCH3 is 1. The van der Waals surface area contributed by atoms with E-state index in [4.69, 9.17) is 9.84 Å². The van der Waals surface area contributed by atoms with Crippen molar-refractivity contribution >= 4 is 28.0 Å². The lowest BCUT2D eigenvalue weighted by atomic mass is 10.2. The Balaban J connectivity index is 2.35. The van der Waals surface area contributed by atoms with Crippen LogP contribution >= 0.6 is 11.3 Å². The van der Waals surface area contributed by atoms with Crippen molar-refractivity contribution in [2.75, 3.05) is 19.1 Å². The van der Waals surface area contributed by atoms with E-state index in [1.165, 1.54) is 11.3 Å². The summed E-state index contributed by atoms with van der Waals surface area (Å²) >= 11 is 1.23. The van der Waals surface area contributed by atoms with Crippen molar-refractivity contribution in [1.82, 2.24) is 0 Å². The maximum atomic E-state index is 10.9. The van der Waals surface area contributed by atoms with E-state index in [1.807, 2.05) is 36.2 Å². The number of thiophene rings is 1. The molecule has 1 heterocycles. The highest BCUT2D eigenvalue weighted by Crippen LogP contribution is 2.35. The van der Waals surface area contributed by atoms with Crippen molar-refractivity contribution < 1.29 is 14.6 Å². The molecule has 4 nitrogen and oxygen atoms in total. The molecule has 2 aromatic rings. The number of benzene rings is 1. The van der Waals surface area contributed by atoms with E-state index in [-0.39, 0.29) is 0 Å². The fraction of sp³-hybridized carbons (Fsp3) is 0.154. The number of carboxylic acids is 1. The second-order valence-electron chi connectivity index (χ2n) is 3.67. The van der Waals surface area contributed by atoms with Crippen molar-refractivity contribution in [2.24, 2.45) is 0 Å². The molecule has 18 heavy (non-hydrogen) atoms. The minimum absolute atomic E-state index is 0.326. The Kier molecular flexibility index (Phi) is 3.53. The third kappa shape index (κ3) is 2.31. The summed E-state index contributed by atoms with van der Waals surface area (Å²) in [7, 11) is 3.50. The molecule has 0 aliphatic carbocycles. The maximum absolute atomic E-state index is 10.9. The van der Waals surface area contributed by atoms with Crippen LogP contribution < -0.4 is 9.64 Å². The Bertz CT molecular complexity index is 565. The number of para-hydroxylation sites is 2. The fourth-order valence-electron chi connectivity index (χ4n) is 1.65. The molecule has 5 heteroatoms. The summed E-state index contributed by atoms with van der Waals surface area (Å²) in [4.78, 5) is 13.1. The first-order chi connectivity index (χ1) is 8.63. The molecule has 0 aliphatic heterocycles. The third-order valence-electron chi connectivity index (χ3n) is 2.58. The molecular weight excluding hydrogens is 250 g/mol. The largest absolute Gasteiger partial charge is 0.495 e. The van der Waals surface area contributed by atoms with Crippen LogP contribution in [0.25, 0.3) is 0 Å². The number of nitrogens with zero attached hydrogens (tertiary/aromatic N) is 1. The fourth-order valence-corrected chi connectivity index (χ4v) is 2.47. The predicted octanol–water partition coefficient (Wildman–Crippen LogP) is 3.22. The lowest BCUT2D eigenvalue weighted by molar-refractivity contribution is 0.0702. The standard InChI is InChI=1S/C13H13NO3S/c1-14(9-5-3-4-6-10(9)17-2)12-8-7-11(18-12)13(15)16/h3-8H,1-2H3,(H,15,16). The zero-order valence-electron chi connectivity index (χ0n) is 10.1. The highest BCUT2D eigenvalue weighted by atomic mass is 32.1. The average molecular weight is 263 g/mol. The van der Waals surface area contributed by atoms with Crippen molar-refractivity contribution in [1.29, 1.82) is 0 Å². The predicted molar refractivity (Wildman–Crippen MR) is 72.3 cm³/mol. The summed E-state index contributed by atoms with van der Waals surface area (Å²) in [6.07, 6.45) is 0. The molecule has 1 aromatic heterocycles. The number of carbonyl (C=O) groups is 1. The molecule has 0 spiro atoms. The van der Waals surface area contributed by atoms with Crippen LogP contribution in [-0.4, -0.2) is 25.2 Å². The summed E-state index contributed by atoms with van der Waals surface area (Å²) in [5.41, 5.74) is 0.902. The van der Waals surface area contributed by atoms with Crippen LogP contribution in [0.15, 0.2) is 36.4 Å². The number of hydrogen-bond donors (Lipinski definition) is 1. The molecule has 94 valence electrons. The van der Waals surface area contributed by atoms with Crippen LogP contribution in [0.2, 0.25) is 0 Å². The van der Waals surface area contributed by atoms with Gasteiger partial charge < -0.3 is 14.7 Å². The summed E-state index contributed by atoms with van der Waals surface area (Å²) in [6, 6.07) is 11.0. The SMILES string of the molecule is COc1ccccc1N(C)c1ccc(C(=O)O)s1. The van der Waals surface area contributed by atoms with Gasteiger partial charge in [0.05, 0.1) is 17.8 Å². The molecule has 0 atom stereocenters. The molecule has 2 rings (SSSR count). The molecule has 0 unspecified atom stereocenters. The second kappa shape index (κ2) is 5.10. The normalized spacial score (nSPS) is 10.1. The van der Waals surface area contributed by atoms with E-state index < -0.39 is 5.97 Å². The molecule has 0 aliphatic rings. The second-order valence-corrected chi connectivity index (χ2v) is 4.74. The Labute approximate surface area is 109 Å². The molecule has 1 aromatic carbocycles. The van der Waals surface area contributed by atoms with E-state index in [0.29, 0.717) is 4.88 Å². The molecule has 0 saturated heterocycles. The number of ether oxygens (including phenoxy) is 1. The van der Waals surface area contributed by atoms with Gasteiger partial charge in [0.1, 0.15) is 10.6 Å². The third-order valence-corrected chi connectivity index (χ3v) is 3.73. The van der Waals surface area contributed by atoms with Crippen LogP contribution in [0.3, 0.4) is 0 Å². The molecule has 0 saturated carbocycles. The number of hydrogen-bond acceptors (Lipinski definition) is 4. The summed E-state index contributed by atoms with van der Waals surface area (Å²) in [5, 5.41) is 9.78. The Morgan fingerprint density at radius 1 is 1.28 bits per heavy atom. The smallest absolute Gasteiger partial charge is 0.345 e. The van der Waals surface area contributed by atoms with Crippen molar-refractivity contribution in [3.63, 3.8) is 0 Å². The van der Waals surface area contributed by atoms with Crippen LogP contribution in [0, 0.1) is 0 Å². The number of aromatic carboxylic acids is 1. The van der Waals surface area contributed by atoms with Gasteiger partial charge in [-0.05, 0) is 24.3 Å². The van der Waals surface area contributed by atoms with Gasteiger partial charge in [0.2, 0.25) is 0 Å². The zero-order chi connectivity index (χ0) is 13.1. The molecule has 0 bridgehead atoms. The van der Waals surface area contributed by atoms with Gasteiger partial charge >= 0.3 is 5.97 Å². The molecule has 0 radical (unpaired) electrons. The van der Waals surface area contributed by atoms with Crippen molar-refractivity contribution in [2.45, 2.75) is 0 Å². The van der Waals surface area contributed by atoms with Crippen LogP contribution in [0.4, 0.5) is 10.7 Å². The molecular formula is C13H13NO3S. The minimum atomic E-state index is -0.903. The topological polar surface area (TPSA) is 49.8 Å². The average Bonchev–Trinajstić information content (AvgIpc) is 2.87. The molecule has 0 fully saturated rings. The molecule has 1 N–H and O–H groups in total. The number of rotatable bonds is 4. The van der Waals surface area contributed by atoms with Gasteiger partial charge in [0.15, 0.2) is 0 Å². The number of carboxylic acid groups (broad SMARTS) is 1. The zero-order valence-corrected chi connectivity index (χ0v) is 10.9. The van der Waals surface area contributed by atoms with E-state index in [1.54, 1.807) is 19.2 Å². The number of anilines is 2. The lowest BCUT2D eigenvalue weighted by Crippen LogP contribution is -2.08. The lowest BCUT2D eigenvalue weighted by Gasteiger charge is -2.19. The maximum Gasteiger partial charge on any atom is 0.345 e. The Morgan fingerprint density at radius 2 is 2.00 bits per heavy atom. The van der Waals surface area contributed by atoms with Gasteiger partial charge in [0.25, 0.3) is 0 Å². The first-order valence-corrected chi connectivity index (χ1v) is 6.15. The first kappa shape index (κ1) is 12.4. The van der Waals surface area contributed by atoms with Gasteiger partial charge in [0, 0.05) is 7.05 Å². The van der Waals surface area contributed by atoms with E-state index in [9.17, 15) is 4.79 Å². The minimum Gasteiger partial charge on any atom is -0.495 e. The summed E-state index contributed by atoms with van der Waals surface area (Å²) < 4.78 is 5.29. The van der Waals surface area contributed by atoms with Crippen LogP contribution in [0.5, 0.6) is 5.75 Å². The monoisotopic (exact) mass is 263 g/mol. The summed E-state index contributed by atoms with van der Waals surface area (Å²) in [6.45, 7) is 0. The van der Waals surface area contributed by atoms with Gasteiger partial charge in [-0.3, -0.25) is 0 Å². The Hall–Kier alpha value is -2.01. The van der Waals surface area contributed by atoms with Crippen molar-refractivity contribution in [3.8, 4) is 5.75 Å². The van der Waals surface area contributed by atoms with Crippen molar-refractivity contribution in [3.05, 3.63) is 41.3 Å². The Morgan fingerprint density at radius 3 is 2.61 bits per heavy atom. The molecule has 0 amide bonds.